The van der Waals surface area contributed by atoms with Gasteiger partial charge in [0.15, 0.2) is 0 Å². The molecular weight excluding hydrogens is 220 g/mol. The molecule has 1 heteroatoms. The van der Waals surface area contributed by atoms with Crippen molar-refractivity contribution < 1.29 is 5.11 Å². The predicted molar refractivity (Wildman–Crippen MR) is 81.6 cm³/mol. The number of hydrogen-bond acceptors (Lipinski definition) is 1. The van der Waals surface area contributed by atoms with Gasteiger partial charge in [0, 0.05) is 0 Å². The molecule has 0 saturated carbocycles. The number of allylic oxidation sites excluding steroid dienone is 6. The molecule has 0 heterocycles. The topological polar surface area (TPSA) is 20.2 Å². The summed E-state index contributed by atoms with van der Waals surface area (Å²) in [5, 5.41) is 9.28. The lowest BCUT2D eigenvalue weighted by atomic mass is 10.1. The molecule has 0 aliphatic heterocycles. The summed E-state index contributed by atoms with van der Waals surface area (Å²) >= 11 is 0. The summed E-state index contributed by atoms with van der Waals surface area (Å²) in [6.45, 7) is 5.69. The van der Waals surface area contributed by atoms with Crippen molar-refractivity contribution in [3.05, 3.63) is 49.1 Å². The molecular formula is C17H28O. The third kappa shape index (κ3) is 13.0. The molecule has 18 heavy (non-hydrogen) atoms. The number of unbranched alkanes of at least 4 members (excludes halogenated alkanes) is 4. The van der Waals surface area contributed by atoms with Crippen LogP contribution in [-0.2, 0) is 0 Å². The molecule has 0 amide bonds. The molecule has 0 radical (unpaired) electrons. The highest BCUT2D eigenvalue weighted by Gasteiger charge is 1.89. The van der Waals surface area contributed by atoms with Crippen LogP contribution in [0, 0.1) is 0 Å². The van der Waals surface area contributed by atoms with Gasteiger partial charge < -0.3 is 5.11 Å². The van der Waals surface area contributed by atoms with Crippen molar-refractivity contribution in [3.8, 4) is 0 Å². The van der Waals surface area contributed by atoms with Gasteiger partial charge in [0.2, 0.25) is 0 Å². The minimum Gasteiger partial charge on any atom is -0.389 e. The predicted octanol–water partition coefficient (Wildman–Crippen LogP) is 4.95. The van der Waals surface area contributed by atoms with Crippen LogP contribution < -0.4 is 0 Å². The minimum absolute atomic E-state index is 0.305. The van der Waals surface area contributed by atoms with E-state index in [1.165, 1.54) is 25.7 Å². The van der Waals surface area contributed by atoms with Crippen LogP contribution in [0.25, 0.3) is 0 Å². The number of aliphatic hydroxyl groups is 1. The first kappa shape index (κ1) is 16.9. The Balaban J connectivity index is 3.39. The molecule has 102 valence electrons. The SMILES string of the molecule is C=CCCCCC/C=C/C/C=C/C=C/C(O)CC. The molecule has 0 bridgehead atoms. The first-order valence-electron chi connectivity index (χ1n) is 7.08. The smallest absolute Gasteiger partial charge is 0.0721 e. The molecule has 0 saturated heterocycles. The second-order valence-corrected chi connectivity index (χ2v) is 4.42. The van der Waals surface area contributed by atoms with E-state index in [0.717, 1.165) is 19.3 Å². The van der Waals surface area contributed by atoms with Crippen LogP contribution in [-0.4, -0.2) is 11.2 Å². The second kappa shape index (κ2) is 14.0. The summed E-state index contributed by atoms with van der Waals surface area (Å²) in [5.74, 6) is 0. The van der Waals surface area contributed by atoms with Crippen molar-refractivity contribution in [2.45, 2.75) is 58.0 Å². The van der Waals surface area contributed by atoms with Gasteiger partial charge in [0.1, 0.15) is 0 Å². The summed E-state index contributed by atoms with van der Waals surface area (Å²) in [6.07, 6.45) is 21.9. The number of rotatable bonds is 11. The Morgan fingerprint density at radius 2 is 1.78 bits per heavy atom. The Bertz CT molecular complexity index is 261. The zero-order valence-corrected chi connectivity index (χ0v) is 11.7. The maximum atomic E-state index is 9.28. The monoisotopic (exact) mass is 248 g/mol. The molecule has 0 aliphatic carbocycles. The summed E-state index contributed by atoms with van der Waals surface area (Å²) in [4.78, 5) is 0. The molecule has 0 aromatic heterocycles. The lowest BCUT2D eigenvalue weighted by Gasteiger charge is -1.96. The van der Waals surface area contributed by atoms with Crippen LogP contribution in [0.3, 0.4) is 0 Å². The minimum atomic E-state index is -0.305. The van der Waals surface area contributed by atoms with E-state index in [1.807, 2.05) is 31.2 Å². The Hall–Kier alpha value is -1.08. The zero-order valence-electron chi connectivity index (χ0n) is 11.7. The van der Waals surface area contributed by atoms with E-state index >= 15 is 0 Å². The van der Waals surface area contributed by atoms with Gasteiger partial charge in [-0.15, -0.1) is 6.58 Å². The van der Waals surface area contributed by atoms with E-state index in [9.17, 15) is 5.11 Å². The Morgan fingerprint density at radius 1 is 1.00 bits per heavy atom. The van der Waals surface area contributed by atoms with Crippen LogP contribution in [0.4, 0.5) is 0 Å². The molecule has 0 aromatic carbocycles. The summed E-state index contributed by atoms with van der Waals surface area (Å²) in [5.41, 5.74) is 0. The van der Waals surface area contributed by atoms with Crippen molar-refractivity contribution in [1.82, 2.24) is 0 Å². The van der Waals surface area contributed by atoms with Gasteiger partial charge in [0.25, 0.3) is 0 Å². The van der Waals surface area contributed by atoms with Crippen LogP contribution in [0.1, 0.15) is 51.9 Å². The number of aliphatic hydroxyl groups excluding tert-OH is 1. The number of hydrogen-bond donors (Lipinski definition) is 1. The molecule has 1 atom stereocenters. The first-order valence-corrected chi connectivity index (χ1v) is 7.08. The average Bonchev–Trinajstić information content (AvgIpc) is 2.39. The molecule has 0 aliphatic rings. The molecule has 0 rings (SSSR count). The normalized spacial score (nSPS) is 13.9. The molecule has 0 fully saturated rings. The summed E-state index contributed by atoms with van der Waals surface area (Å²) in [7, 11) is 0. The van der Waals surface area contributed by atoms with Gasteiger partial charge in [0.05, 0.1) is 6.10 Å². The Labute approximate surface area is 113 Å². The Kier molecular flexibility index (Phi) is 13.1. The standard InChI is InChI=1S/C17H28O/c1-3-5-6-7-8-9-10-11-12-13-14-15-16-17(18)4-2/h3,10-11,13-18H,1,4-9,12H2,2H3/b11-10+,14-13+,16-15+. The molecule has 1 N–H and O–H groups in total. The van der Waals surface area contributed by atoms with Gasteiger partial charge >= 0.3 is 0 Å². The fourth-order valence-electron chi connectivity index (χ4n) is 1.51. The summed E-state index contributed by atoms with van der Waals surface area (Å²) < 4.78 is 0. The third-order valence-electron chi connectivity index (χ3n) is 2.72. The van der Waals surface area contributed by atoms with Gasteiger partial charge in [-0.1, -0.05) is 55.9 Å². The third-order valence-corrected chi connectivity index (χ3v) is 2.72. The quantitative estimate of drug-likeness (QED) is 0.311. The van der Waals surface area contributed by atoms with Gasteiger partial charge in [-0.25, -0.2) is 0 Å². The van der Waals surface area contributed by atoms with Gasteiger partial charge in [-0.05, 0) is 38.5 Å². The molecule has 0 aromatic rings. The maximum absolute atomic E-state index is 9.28. The highest BCUT2D eigenvalue weighted by Crippen LogP contribution is 2.04. The van der Waals surface area contributed by atoms with E-state index in [1.54, 1.807) is 0 Å². The van der Waals surface area contributed by atoms with Crippen LogP contribution in [0.5, 0.6) is 0 Å². The Morgan fingerprint density at radius 3 is 2.50 bits per heavy atom. The molecule has 0 spiro atoms. The fourth-order valence-corrected chi connectivity index (χ4v) is 1.51. The van der Waals surface area contributed by atoms with Crippen molar-refractivity contribution >= 4 is 0 Å². The van der Waals surface area contributed by atoms with E-state index in [-0.39, 0.29) is 6.10 Å². The second-order valence-electron chi connectivity index (χ2n) is 4.42. The van der Waals surface area contributed by atoms with Gasteiger partial charge in [-0.2, -0.15) is 0 Å². The lowest BCUT2D eigenvalue weighted by Crippen LogP contribution is -1.97. The highest BCUT2D eigenvalue weighted by atomic mass is 16.3. The van der Waals surface area contributed by atoms with Crippen molar-refractivity contribution in [2.24, 2.45) is 0 Å². The maximum Gasteiger partial charge on any atom is 0.0721 e. The van der Waals surface area contributed by atoms with Crippen molar-refractivity contribution in [3.63, 3.8) is 0 Å². The van der Waals surface area contributed by atoms with Crippen LogP contribution in [0.15, 0.2) is 49.1 Å². The van der Waals surface area contributed by atoms with Crippen molar-refractivity contribution in [2.75, 3.05) is 0 Å². The van der Waals surface area contributed by atoms with E-state index in [0.29, 0.717) is 0 Å². The largest absolute Gasteiger partial charge is 0.389 e. The van der Waals surface area contributed by atoms with Gasteiger partial charge in [-0.3, -0.25) is 0 Å². The van der Waals surface area contributed by atoms with Crippen LogP contribution in [0.2, 0.25) is 0 Å². The first-order chi connectivity index (χ1) is 8.81. The lowest BCUT2D eigenvalue weighted by molar-refractivity contribution is 0.219. The highest BCUT2D eigenvalue weighted by molar-refractivity contribution is 5.06. The van der Waals surface area contributed by atoms with Crippen molar-refractivity contribution in [1.29, 1.82) is 0 Å². The van der Waals surface area contributed by atoms with E-state index < -0.39 is 0 Å². The molecule has 1 unspecified atom stereocenters. The summed E-state index contributed by atoms with van der Waals surface area (Å²) in [6, 6.07) is 0. The average molecular weight is 248 g/mol. The fraction of sp³-hybridized carbons (Fsp3) is 0.529. The van der Waals surface area contributed by atoms with Crippen LogP contribution >= 0.6 is 0 Å². The zero-order chi connectivity index (χ0) is 13.5. The van der Waals surface area contributed by atoms with E-state index in [2.05, 4.69) is 24.8 Å². The molecule has 1 nitrogen and oxygen atoms in total. The van der Waals surface area contributed by atoms with E-state index in [4.69, 9.17) is 0 Å².